The fourth-order valence-corrected chi connectivity index (χ4v) is 1.15. The van der Waals surface area contributed by atoms with E-state index in [4.69, 9.17) is 5.73 Å². The lowest BCUT2D eigenvalue weighted by Crippen LogP contribution is -1.95. The van der Waals surface area contributed by atoms with Crippen LogP contribution in [0.1, 0.15) is 17.5 Å². The topological polar surface area (TPSA) is 26.0 Å². The van der Waals surface area contributed by atoms with Crippen molar-refractivity contribution in [3.8, 4) is 0 Å². The first kappa shape index (κ1) is 9.93. The van der Waals surface area contributed by atoms with Crippen LogP contribution in [0.4, 0.5) is 4.39 Å². The van der Waals surface area contributed by atoms with Gasteiger partial charge in [0.05, 0.1) is 0 Å². The van der Waals surface area contributed by atoms with Gasteiger partial charge in [0.15, 0.2) is 0 Å². The van der Waals surface area contributed by atoms with E-state index in [0.717, 1.165) is 12.0 Å². The van der Waals surface area contributed by atoms with Crippen molar-refractivity contribution in [1.29, 1.82) is 0 Å². The molecule has 0 atom stereocenters. The Morgan fingerprint density at radius 3 is 2.85 bits per heavy atom. The summed E-state index contributed by atoms with van der Waals surface area (Å²) in [5.41, 5.74) is 6.94. The molecule has 0 heterocycles. The lowest BCUT2D eigenvalue weighted by Gasteiger charge is -2.00. The molecule has 0 fully saturated rings. The monoisotopic (exact) mass is 179 g/mol. The van der Waals surface area contributed by atoms with Gasteiger partial charge in [0.1, 0.15) is 5.82 Å². The zero-order chi connectivity index (χ0) is 9.68. The molecule has 0 unspecified atom stereocenters. The quantitative estimate of drug-likeness (QED) is 0.758. The average molecular weight is 179 g/mol. The molecule has 1 nitrogen and oxygen atoms in total. The van der Waals surface area contributed by atoms with Crippen LogP contribution in [0, 0.1) is 12.7 Å². The summed E-state index contributed by atoms with van der Waals surface area (Å²) in [4.78, 5) is 0. The SMILES string of the molecule is Cc1cccc(F)c1C=CCCN. The highest BCUT2D eigenvalue weighted by atomic mass is 19.1. The number of hydrogen-bond acceptors (Lipinski definition) is 1. The molecule has 0 spiro atoms. The van der Waals surface area contributed by atoms with Crippen molar-refractivity contribution in [2.24, 2.45) is 5.73 Å². The van der Waals surface area contributed by atoms with Gasteiger partial charge in [0.25, 0.3) is 0 Å². The van der Waals surface area contributed by atoms with E-state index in [0.29, 0.717) is 12.1 Å². The van der Waals surface area contributed by atoms with Gasteiger partial charge in [-0.05, 0) is 31.5 Å². The largest absolute Gasteiger partial charge is 0.330 e. The first-order chi connectivity index (χ1) is 6.25. The molecular formula is C11H14FN. The van der Waals surface area contributed by atoms with Crippen molar-refractivity contribution in [2.45, 2.75) is 13.3 Å². The van der Waals surface area contributed by atoms with Crippen LogP contribution < -0.4 is 5.73 Å². The third-order valence-corrected chi connectivity index (χ3v) is 1.89. The second-order valence-electron chi connectivity index (χ2n) is 2.95. The van der Waals surface area contributed by atoms with Crippen LogP contribution in [0.5, 0.6) is 0 Å². The van der Waals surface area contributed by atoms with E-state index in [9.17, 15) is 4.39 Å². The molecule has 0 aliphatic rings. The maximum absolute atomic E-state index is 13.2. The van der Waals surface area contributed by atoms with Crippen molar-refractivity contribution in [2.75, 3.05) is 6.54 Å². The molecule has 0 radical (unpaired) electrons. The number of rotatable bonds is 3. The van der Waals surface area contributed by atoms with Crippen molar-refractivity contribution in [1.82, 2.24) is 0 Å². The molecular weight excluding hydrogens is 165 g/mol. The molecule has 2 N–H and O–H groups in total. The number of halogens is 1. The summed E-state index contributed by atoms with van der Waals surface area (Å²) in [5.74, 6) is -0.173. The number of nitrogens with two attached hydrogens (primary N) is 1. The molecule has 0 saturated carbocycles. The zero-order valence-electron chi connectivity index (χ0n) is 7.76. The molecule has 0 aliphatic heterocycles. The Hall–Kier alpha value is -1.15. The number of hydrogen-bond donors (Lipinski definition) is 1. The second kappa shape index (κ2) is 4.77. The maximum atomic E-state index is 13.2. The van der Waals surface area contributed by atoms with Crippen LogP contribution in [0.3, 0.4) is 0 Å². The fraction of sp³-hybridized carbons (Fsp3) is 0.273. The van der Waals surface area contributed by atoms with E-state index in [1.807, 2.05) is 19.1 Å². The molecule has 0 bridgehead atoms. The van der Waals surface area contributed by atoms with Gasteiger partial charge < -0.3 is 5.73 Å². The normalized spacial score (nSPS) is 11.0. The standard InChI is InChI=1S/C11H14FN/c1-9-5-4-7-11(12)10(9)6-2-3-8-13/h2,4-7H,3,8,13H2,1H3. The van der Waals surface area contributed by atoms with E-state index in [1.165, 1.54) is 6.07 Å². The Labute approximate surface area is 78.1 Å². The predicted molar refractivity (Wildman–Crippen MR) is 53.8 cm³/mol. The van der Waals surface area contributed by atoms with Crippen LogP contribution in [-0.2, 0) is 0 Å². The van der Waals surface area contributed by atoms with E-state index in [-0.39, 0.29) is 5.82 Å². The van der Waals surface area contributed by atoms with Crippen LogP contribution >= 0.6 is 0 Å². The molecule has 13 heavy (non-hydrogen) atoms. The smallest absolute Gasteiger partial charge is 0.130 e. The van der Waals surface area contributed by atoms with E-state index in [2.05, 4.69) is 0 Å². The summed E-state index contributed by atoms with van der Waals surface area (Å²) in [6.07, 6.45) is 4.47. The van der Waals surface area contributed by atoms with E-state index >= 15 is 0 Å². The molecule has 1 aromatic rings. The highest BCUT2D eigenvalue weighted by molar-refractivity contribution is 5.54. The molecule has 1 rings (SSSR count). The minimum absolute atomic E-state index is 0.173. The van der Waals surface area contributed by atoms with Crippen molar-refractivity contribution in [3.05, 3.63) is 41.2 Å². The van der Waals surface area contributed by atoms with Crippen LogP contribution in [0.25, 0.3) is 6.08 Å². The summed E-state index contributed by atoms with van der Waals surface area (Å²) in [6.45, 7) is 2.50. The van der Waals surface area contributed by atoms with E-state index < -0.39 is 0 Å². The van der Waals surface area contributed by atoms with Gasteiger partial charge in [0.2, 0.25) is 0 Å². The molecule has 1 aromatic carbocycles. The second-order valence-corrected chi connectivity index (χ2v) is 2.95. The van der Waals surface area contributed by atoms with Gasteiger partial charge in [-0.1, -0.05) is 24.3 Å². The third kappa shape index (κ3) is 2.67. The van der Waals surface area contributed by atoms with Crippen molar-refractivity contribution in [3.63, 3.8) is 0 Å². The van der Waals surface area contributed by atoms with Gasteiger partial charge in [-0.2, -0.15) is 0 Å². The Balaban J connectivity index is 2.87. The van der Waals surface area contributed by atoms with Crippen LogP contribution in [0.2, 0.25) is 0 Å². The van der Waals surface area contributed by atoms with Gasteiger partial charge in [0, 0.05) is 5.56 Å². The van der Waals surface area contributed by atoms with Crippen molar-refractivity contribution >= 4 is 6.08 Å². The molecule has 0 aromatic heterocycles. The summed E-state index contributed by atoms with van der Waals surface area (Å²) >= 11 is 0. The number of benzene rings is 1. The van der Waals surface area contributed by atoms with Gasteiger partial charge >= 0.3 is 0 Å². The summed E-state index contributed by atoms with van der Waals surface area (Å²) in [6, 6.07) is 5.07. The molecule has 0 saturated heterocycles. The van der Waals surface area contributed by atoms with Gasteiger partial charge in [-0.15, -0.1) is 0 Å². The first-order valence-electron chi connectivity index (χ1n) is 4.37. The van der Waals surface area contributed by atoms with E-state index in [1.54, 1.807) is 12.1 Å². The molecule has 70 valence electrons. The lowest BCUT2D eigenvalue weighted by atomic mass is 10.1. The molecule has 0 aliphatic carbocycles. The van der Waals surface area contributed by atoms with Crippen LogP contribution in [-0.4, -0.2) is 6.54 Å². The summed E-state index contributed by atoms with van der Waals surface area (Å²) in [5, 5.41) is 0. The Bertz CT molecular complexity index is 285. The molecule has 2 heteroatoms. The van der Waals surface area contributed by atoms with Gasteiger partial charge in [-0.3, -0.25) is 0 Å². The van der Waals surface area contributed by atoms with Crippen LogP contribution in [0.15, 0.2) is 24.3 Å². The average Bonchev–Trinajstić information content (AvgIpc) is 2.10. The minimum atomic E-state index is -0.173. The number of aryl methyl sites for hydroxylation is 1. The Morgan fingerprint density at radius 2 is 2.23 bits per heavy atom. The molecule has 0 amide bonds. The highest BCUT2D eigenvalue weighted by Crippen LogP contribution is 2.14. The first-order valence-corrected chi connectivity index (χ1v) is 4.37. The Kier molecular flexibility index (Phi) is 3.65. The zero-order valence-corrected chi connectivity index (χ0v) is 7.76. The minimum Gasteiger partial charge on any atom is -0.330 e. The highest BCUT2D eigenvalue weighted by Gasteiger charge is 1.99. The lowest BCUT2D eigenvalue weighted by molar-refractivity contribution is 0.623. The third-order valence-electron chi connectivity index (χ3n) is 1.89. The predicted octanol–water partition coefficient (Wildman–Crippen LogP) is 2.50. The fourth-order valence-electron chi connectivity index (χ4n) is 1.15. The maximum Gasteiger partial charge on any atom is 0.130 e. The Morgan fingerprint density at radius 1 is 1.46 bits per heavy atom. The van der Waals surface area contributed by atoms with Crippen molar-refractivity contribution < 1.29 is 4.39 Å². The summed E-state index contributed by atoms with van der Waals surface area (Å²) in [7, 11) is 0. The summed E-state index contributed by atoms with van der Waals surface area (Å²) < 4.78 is 13.2. The van der Waals surface area contributed by atoms with Gasteiger partial charge in [-0.25, -0.2) is 4.39 Å².